The molecule has 1 unspecified atom stereocenters. The van der Waals surface area contributed by atoms with E-state index >= 15 is 0 Å². The fraction of sp³-hybridized carbons (Fsp3) is 0.308. The van der Waals surface area contributed by atoms with Crippen molar-refractivity contribution < 1.29 is 17.6 Å². The molecule has 4 nitrogen and oxygen atoms in total. The van der Waals surface area contributed by atoms with Gasteiger partial charge in [-0.3, -0.25) is 4.79 Å². The summed E-state index contributed by atoms with van der Waals surface area (Å²) in [7, 11) is -3.00. The van der Waals surface area contributed by atoms with E-state index in [1.54, 1.807) is 12.1 Å². The summed E-state index contributed by atoms with van der Waals surface area (Å²) in [5, 5.41) is 2.62. The topological polar surface area (TPSA) is 63.2 Å². The van der Waals surface area contributed by atoms with E-state index in [1.165, 1.54) is 24.3 Å². The number of hydrogen-bond acceptors (Lipinski definition) is 3. The molecule has 0 bridgehead atoms. The first kappa shape index (κ1) is 13.7. The molecule has 2 rings (SSSR count). The second-order valence-electron chi connectivity index (χ2n) is 4.50. The van der Waals surface area contributed by atoms with Gasteiger partial charge in [-0.2, -0.15) is 0 Å². The molecule has 1 heterocycles. The summed E-state index contributed by atoms with van der Waals surface area (Å²) in [6, 6.07) is 5.53. The van der Waals surface area contributed by atoms with Gasteiger partial charge in [-0.1, -0.05) is 12.1 Å². The van der Waals surface area contributed by atoms with Gasteiger partial charge in [0.05, 0.1) is 11.5 Å². The van der Waals surface area contributed by atoms with Crippen LogP contribution in [0.1, 0.15) is 12.0 Å². The number of halogens is 1. The van der Waals surface area contributed by atoms with Crippen LogP contribution in [0.25, 0.3) is 6.08 Å². The van der Waals surface area contributed by atoms with Crippen molar-refractivity contribution in [2.45, 2.75) is 12.5 Å². The zero-order valence-corrected chi connectivity index (χ0v) is 11.0. The molecule has 1 aliphatic rings. The standard InChI is InChI=1S/C13H14FNO3S/c14-11-3-1-2-10(8-11)4-5-13(16)15-12-6-7-19(17,18)9-12/h1-5,8,12H,6-7,9H2,(H,15,16). The minimum absolute atomic E-state index is 0.00740. The minimum atomic E-state index is -3.00. The highest BCUT2D eigenvalue weighted by Crippen LogP contribution is 2.11. The van der Waals surface area contributed by atoms with Crippen LogP contribution in [0.3, 0.4) is 0 Å². The number of rotatable bonds is 3. The van der Waals surface area contributed by atoms with Gasteiger partial charge in [-0.25, -0.2) is 12.8 Å². The van der Waals surface area contributed by atoms with Crippen molar-refractivity contribution in [1.82, 2.24) is 5.32 Å². The Morgan fingerprint density at radius 3 is 2.84 bits per heavy atom. The van der Waals surface area contributed by atoms with Crippen molar-refractivity contribution >= 4 is 21.8 Å². The molecule has 1 N–H and O–H groups in total. The van der Waals surface area contributed by atoms with Gasteiger partial charge in [0, 0.05) is 12.1 Å². The van der Waals surface area contributed by atoms with E-state index in [-0.39, 0.29) is 29.3 Å². The fourth-order valence-electron chi connectivity index (χ4n) is 1.94. The van der Waals surface area contributed by atoms with Gasteiger partial charge in [-0.15, -0.1) is 0 Å². The maximum absolute atomic E-state index is 12.9. The summed E-state index contributed by atoms with van der Waals surface area (Å²) in [6.45, 7) is 0. The Bertz CT molecular complexity index is 610. The van der Waals surface area contributed by atoms with Crippen LogP contribution in [-0.2, 0) is 14.6 Å². The molecule has 19 heavy (non-hydrogen) atoms. The summed E-state index contributed by atoms with van der Waals surface area (Å²) < 4.78 is 35.4. The predicted molar refractivity (Wildman–Crippen MR) is 70.6 cm³/mol. The second-order valence-corrected chi connectivity index (χ2v) is 6.73. The number of amides is 1. The van der Waals surface area contributed by atoms with Crippen LogP contribution in [0.15, 0.2) is 30.3 Å². The lowest BCUT2D eigenvalue weighted by molar-refractivity contribution is -0.116. The molecule has 0 aromatic heterocycles. The van der Waals surface area contributed by atoms with Gasteiger partial charge in [0.2, 0.25) is 5.91 Å². The lowest BCUT2D eigenvalue weighted by atomic mass is 10.2. The zero-order valence-electron chi connectivity index (χ0n) is 10.2. The second kappa shape index (κ2) is 5.52. The third-order valence-corrected chi connectivity index (χ3v) is 4.62. The van der Waals surface area contributed by atoms with Gasteiger partial charge in [-0.05, 0) is 30.2 Å². The largest absolute Gasteiger partial charge is 0.349 e. The molecule has 1 amide bonds. The number of sulfone groups is 1. The lowest BCUT2D eigenvalue weighted by Gasteiger charge is -2.07. The van der Waals surface area contributed by atoms with E-state index in [4.69, 9.17) is 0 Å². The Morgan fingerprint density at radius 1 is 1.42 bits per heavy atom. The molecule has 0 spiro atoms. The Morgan fingerprint density at radius 2 is 2.21 bits per heavy atom. The predicted octanol–water partition coefficient (Wildman–Crippen LogP) is 1.14. The zero-order chi connectivity index (χ0) is 13.9. The van der Waals surface area contributed by atoms with Crippen molar-refractivity contribution in [3.63, 3.8) is 0 Å². The average molecular weight is 283 g/mol. The van der Waals surface area contributed by atoms with Crippen molar-refractivity contribution in [1.29, 1.82) is 0 Å². The molecule has 1 aromatic carbocycles. The SMILES string of the molecule is O=C(C=Cc1cccc(F)c1)NC1CCS(=O)(=O)C1. The van der Waals surface area contributed by atoms with Crippen LogP contribution >= 0.6 is 0 Å². The Kier molecular flexibility index (Phi) is 3.99. The van der Waals surface area contributed by atoms with Gasteiger partial charge in [0.1, 0.15) is 5.82 Å². The average Bonchev–Trinajstić information content (AvgIpc) is 2.66. The minimum Gasteiger partial charge on any atom is -0.349 e. The van der Waals surface area contributed by atoms with Crippen LogP contribution in [0.2, 0.25) is 0 Å². The van der Waals surface area contributed by atoms with Crippen LogP contribution in [0, 0.1) is 5.82 Å². The number of benzene rings is 1. The van der Waals surface area contributed by atoms with Gasteiger partial charge < -0.3 is 5.32 Å². The first-order valence-corrected chi connectivity index (χ1v) is 7.71. The quantitative estimate of drug-likeness (QED) is 0.846. The summed E-state index contributed by atoms with van der Waals surface area (Å²) in [6.07, 6.45) is 3.21. The number of nitrogens with one attached hydrogen (secondary N) is 1. The first-order valence-electron chi connectivity index (χ1n) is 5.89. The van der Waals surface area contributed by atoms with E-state index in [0.717, 1.165) is 0 Å². The molecule has 1 aromatic rings. The smallest absolute Gasteiger partial charge is 0.244 e. The van der Waals surface area contributed by atoms with E-state index in [1.807, 2.05) is 0 Å². The first-order chi connectivity index (χ1) is 8.94. The molecule has 1 saturated heterocycles. The van der Waals surface area contributed by atoms with Crippen LogP contribution < -0.4 is 5.32 Å². The Hall–Kier alpha value is -1.69. The number of carbonyl (C=O) groups is 1. The van der Waals surface area contributed by atoms with Crippen molar-refractivity contribution in [3.8, 4) is 0 Å². The van der Waals surface area contributed by atoms with E-state index < -0.39 is 9.84 Å². The van der Waals surface area contributed by atoms with Gasteiger partial charge >= 0.3 is 0 Å². The summed E-state index contributed by atoms with van der Waals surface area (Å²) in [4.78, 5) is 11.6. The maximum Gasteiger partial charge on any atom is 0.244 e. The van der Waals surface area contributed by atoms with Crippen LogP contribution in [-0.4, -0.2) is 31.9 Å². The molecule has 0 saturated carbocycles. The number of hydrogen-bond donors (Lipinski definition) is 1. The third kappa shape index (κ3) is 4.17. The molecular weight excluding hydrogens is 269 g/mol. The van der Waals surface area contributed by atoms with Crippen molar-refractivity contribution in [3.05, 3.63) is 41.7 Å². The summed E-state index contributed by atoms with van der Waals surface area (Å²) in [5.74, 6) is -0.631. The van der Waals surface area contributed by atoms with E-state index in [9.17, 15) is 17.6 Å². The molecule has 102 valence electrons. The van der Waals surface area contributed by atoms with Gasteiger partial charge in [0.15, 0.2) is 9.84 Å². The maximum atomic E-state index is 12.9. The highest BCUT2D eigenvalue weighted by atomic mass is 32.2. The van der Waals surface area contributed by atoms with E-state index in [0.29, 0.717) is 12.0 Å². The fourth-order valence-corrected chi connectivity index (χ4v) is 3.61. The van der Waals surface area contributed by atoms with Crippen LogP contribution in [0.4, 0.5) is 4.39 Å². The van der Waals surface area contributed by atoms with Gasteiger partial charge in [0.25, 0.3) is 0 Å². The summed E-state index contributed by atoms with van der Waals surface area (Å²) >= 11 is 0. The number of carbonyl (C=O) groups excluding carboxylic acids is 1. The highest BCUT2D eigenvalue weighted by Gasteiger charge is 2.28. The lowest BCUT2D eigenvalue weighted by Crippen LogP contribution is -2.34. The molecule has 6 heteroatoms. The molecule has 1 atom stereocenters. The normalized spacial score (nSPS) is 21.6. The van der Waals surface area contributed by atoms with Crippen LogP contribution in [0.5, 0.6) is 0 Å². The molecule has 1 aliphatic heterocycles. The summed E-state index contributed by atoms with van der Waals surface area (Å²) in [5.41, 5.74) is 0.578. The van der Waals surface area contributed by atoms with Crippen molar-refractivity contribution in [2.24, 2.45) is 0 Å². The Balaban J connectivity index is 1.91. The molecule has 1 fully saturated rings. The molecule has 0 aliphatic carbocycles. The molecular formula is C13H14FNO3S. The Labute approximate surface area is 111 Å². The monoisotopic (exact) mass is 283 g/mol. The third-order valence-electron chi connectivity index (χ3n) is 2.85. The highest BCUT2D eigenvalue weighted by molar-refractivity contribution is 7.91. The molecule has 0 radical (unpaired) electrons. The van der Waals surface area contributed by atoms with Crippen molar-refractivity contribution in [2.75, 3.05) is 11.5 Å². The van der Waals surface area contributed by atoms with E-state index in [2.05, 4.69) is 5.32 Å².